The van der Waals surface area contributed by atoms with Crippen LogP contribution in [0, 0.1) is 0 Å². The summed E-state index contributed by atoms with van der Waals surface area (Å²) in [4.78, 5) is 38.8. The minimum Gasteiger partial charge on any atom is -0.493 e. The van der Waals surface area contributed by atoms with Crippen LogP contribution in [0.3, 0.4) is 0 Å². The summed E-state index contributed by atoms with van der Waals surface area (Å²) in [5.41, 5.74) is 0.533. The fourth-order valence-corrected chi connectivity index (χ4v) is 3.24. The van der Waals surface area contributed by atoms with Crippen molar-refractivity contribution in [2.75, 3.05) is 20.2 Å². The summed E-state index contributed by atoms with van der Waals surface area (Å²) in [5, 5.41) is 0.791. The lowest BCUT2D eigenvalue weighted by molar-refractivity contribution is -0.144. The van der Waals surface area contributed by atoms with Crippen LogP contribution >= 0.6 is 0 Å². The molecule has 2 fully saturated rings. The summed E-state index contributed by atoms with van der Waals surface area (Å²) in [6.45, 7) is 0.703. The van der Waals surface area contributed by atoms with Crippen molar-refractivity contribution in [2.45, 2.75) is 18.9 Å². The van der Waals surface area contributed by atoms with Crippen molar-refractivity contribution in [3.8, 4) is 5.75 Å². The van der Waals surface area contributed by atoms with E-state index in [4.69, 9.17) is 9.15 Å². The number of imide groups is 1. The molecule has 2 aliphatic rings. The van der Waals surface area contributed by atoms with Crippen LogP contribution in [-0.4, -0.2) is 53.8 Å². The Morgan fingerprint density at radius 1 is 1.21 bits per heavy atom. The van der Waals surface area contributed by atoms with Crippen LogP contribution in [0.2, 0.25) is 0 Å². The molecule has 3 amide bonds. The smallest absolute Gasteiger partial charge is 0.289 e. The van der Waals surface area contributed by atoms with E-state index in [2.05, 4.69) is 0 Å². The third-order valence-electron chi connectivity index (χ3n) is 4.54. The van der Waals surface area contributed by atoms with E-state index >= 15 is 0 Å². The second kappa shape index (κ2) is 5.36. The number of likely N-dealkylation sites (tertiary alicyclic amines) is 2. The molecule has 24 heavy (non-hydrogen) atoms. The van der Waals surface area contributed by atoms with Gasteiger partial charge in [0.05, 0.1) is 13.2 Å². The molecule has 0 aliphatic carbocycles. The molecule has 0 radical (unpaired) electrons. The average Bonchev–Trinajstić information content (AvgIpc) is 3.11. The number of ether oxygens (including phenoxy) is 1. The molecule has 0 bridgehead atoms. The predicted octanol–water partition coefficient (Wildman–Crippen LogP) is 1.41. The minimum absolute atomic E-state index is 0.148. The molecule has 1 aromatic carbocycles. The van der Waals surface area contributed by atoms with Gasteiger partial charge in [-0.3, -0.25) is 19.3 Å². The molecule has 124 valence electrons. The van der Waals surface area contributed by atoms with Gasteiger partial charge >= 0.3 is 0 Å². The zero-order chi connectivity index (χ0) is 16.8. The standard InChI is InChI=1S/C17H16N2O5/c1-23-12-4-2-3-10-7-13(24-16(10)12)17(22)18-8-11(9-18)19-14(20)5-6-15(19)21/h2-4,7,11H,5-6,8-9H2,1H3. The highest BCUT2D eigenvalue weighted by Crippen LogP contribution is 2.30. The third kappa shape index (κ3) is 2.16. The zero-order valence-corrected chi connectivity index (χ0v) is 13.2. The summed E-state index contributed by atoms with van der Waals surface area (Å²) in [7, 11) is 1.54. The maximum absolute atomic E-state index is 12.5. The highest BCUT2D eigenvalue weighted by Gasteiger charge is 2.43. The van der Waals surface area contributed by atoms with Crippen LogP contribution in [0.4, 0.5) is 0 Å². The Kier molecular flexibility index (Phi) is 3.30. The first-order valence-electron chi connectivity index (χ1n) is 7.79. The number of carbonyl (C=O) groups is 3. The van der Waals surface area contributed by atoms with E-state index in [1.54, 1.807) is 24.1 Å². The highest BCUT2D eigenvalue weighted by molar-refractivity contribution is 6.03. The number of carbonyl (C=O) groups excluding carboxylic acids is 3. The fourth-order valence-electron chi connectivity index (χ4n) is 3.24. The number of furan rings is 1. The predicted molar refractivity (Wildman–Crippen MR) is 83.5 cm³/mol. The Morgan fingerprint density at radius 2 is 1.92 bits per heavy atom. The SMILES string of the molecule is COc1cccc2cc(C(=O)N3CC(N4C(=O)CCC4=O)C3)oc12. The number of methoxy groups -OCH3 is 1. The van der Waals surface area contributed by atoms with E-state index in [1.165, 1.54) is 4.90 Å². The molecule has 2 aliphatic heterocycles. The molecule has 4 rings (SSSR count). The van der Waals surface area contributed by atoms with Crippen molar-refractivity contribution >= 4 is 28.7 Å². The maximum Gasteiger partial charge on any atom is 0.289 e. The summed E-state index contributed by atoms with van der Waals surface area (Å²) in [5.74, 6) is 0.257. The fraction of sp³-hybridized carbons (Fsp3) is 0.353. The van der Waals surface area contributed by atoms with Crippen LogP contribution in [0.15, 0.2) is 28.7 Å². The van der Waals surface area contributed by atoms with E-state index in [0.717, 1.165) is 5.39 Å². The molecule has 0 N–H and O–H groups in total. The Hall–Kier alpha value is -2.83. The number of nitrogens with zero attached hydrogens (tertiary/aromatic N) is 2. The first-order valence-corrected chi connectivity index (χ1v) is 7.79. The molecular weight excluding hydrogens is 312 g/mol. The molecule has 0 atom stereocenters. The summed E-state index contributed by atoms with van der Waals surface area (Å²) < 4.78 is 10.9. The van der Waals surface area contributed by atoms with Crippen LogP contribution in [0.5, 0.6) is 5.75 Å². The number of hydrogen-bond acceptors (Lipinski definition) is 5. The van der Waals surface area contributed by atoms with Crippen LogP contribution in [0.25, 0.3) is 11.0 Å². The van der Waals surface area contributed by atoms with Gasteiger partial charge in [0.2, 0.25) is 11.8 Å². The lowest BCUT2D eigenvalue weighted by atomic mass is 10.1. The molecule has 2 saturated heterocycles. The van der Waals surface area contributed by atoms with Crippen LogP contribution < -0.4 is 4.74 Å². The Balaban J connectivity index is 1.50. The van der Waals surface area contributed by atoms with Gasteiger partial charge < -0.3 is 14.1 Å². The number of para-hydroxylation sites is 1. The topological polar surface area (TPSA) is 80.1 Å². The average molecular weight is 328 g/mol. The Bertz CT molecular complexity index is 834. The summed E-state index contributed by atoms with van der Waals surface area (Å²) in [6.07, 6.45) is 0.541. The van der Waals surface area contributed by atoms with Gasteiger partial charge in [0.1, 0.15) is 0 Å². The van der Waals surface area contributed by atoms with Gasteiger partial charge in [0.25, 0.3) is 5.91 Å². The molecule has 1 aromatic heterocycles. The Labute approximate surface area is 137 Å². The van der Waals surface area contributed by atoms with Gasteiger partial charge in [-0.25, -0.2) is 0 Å². The largest absolute Gasteiger partial charge is 0.493 e. The quantitative estimate of drug-likeness (QED) is 0.796. The summed E-state index contributed by atoms with van der Waals surface area (Å²) >= 11 is 0. The van der Waals surface area contributed by atoms with Gasteiger partial charge in [0.15, 0.2) is 17.1 Å². The molecule has 7 heteroatoms. The van der Waals surface area contributed by atoms with Crippen molar-refractivity contribution in [3.63, 3.8) is 0 Å². The van der Waals surface area contributed by atoms with E-state index in [0.29, 0.717) is 24.4 Å². The second-order valence-corrected chi connectivity index (χ2v) is 6.01. The van der Waals surface area contributed by atoms with Gasteiger partial charge in [-0.1, -0.05) is 12.1 Å². The van der Waals surface area contributed by atoms with Crippen molar-refractivity contribution in [2.24, 2.45) is 0 Å². The van der Waals surface area contributed by atoms with Crippen molar-refractivity contribution in [1.29, 1.82) is 0 Å². The van der Waals surface area contributed by atoms with Gasteiger partial charge in [-0.15, -0.1) is 0 Å². The number of hydrogen-bond donors (Lipinski definition) is 0. The van der Waals surface area contributed by atoms with Crippen LogP contribution in [0.1, 0.15) is 23.4 Å². The first kappa shape index (κ1) is 14.7. The minimum atomic E-state index is -0.247. The van der Waals surface area contributed by atoms with Gasteiger partial charge in [-0.2, -0.15) is 0 Å². The zero-order valence-electron chi connectivity index (χ0n) is 13.2. The summed E-state index contributed by atoms with van der Waals surface area (Å²) in [6, 6.07) is 6.91. The number of rotatable bonds is 3. The molecule has 0 unspecified atom stereocenters. The van der Waals surface area contributed by atoms with Gasteiger partial charge in [0, 0.05) is 31.3 Å². The number of fused-ring (bicyclic) bond motifs is 1. The molecular formula is C17H16N2O5. The number of benzene rings is 1. The highest BCUT2D eigenvalue weighted by atomic mass is 16.5. The second-order valence-electron chi connectivity index (χ2n) is 6.01. The lowest BCUT2D eigenvalue weighted by Gasteiger charge is -2.42. The van der Waals surface area contributed by atoms with Crippen molar-refractivity contribution in [3.05, 3.63) is 30.0 Å². The lowest BCUT2D eigenvalue weighted by Crippen LogP contribution is -2.62. The van der Waals surface area contributed by atoms with E-state index in [9.17, 15) is 14.4 Å². The molecule has 0 spiro atoms. The monoisotopic (exact) mass is 328 g/mol. The number of amides is 3. The van der Waals surface area contributed by atoms with Crippen LogP contribution in [-0.2, 0) is 9.59 Å². The van der Waals surface area contributed by atoms with Crippen molar-refractivity contribution < 1.29 is 23.5 Å². The molecule has 7 nitrogen and oxygen atoms in total. The van der Waals surface area contributed by atoms with Crippen molar-refractivity contribution in [1.82, 2.24) is 9.80 Å². The first-order chi connectivity index (χ1) is 11.6. The van der Waals surface area contributed by atoms with E-state index in [-0.39, 0.29) is 42.4 Å². The molecule has 2 aromatic rings. The van der Waals surface area contributed by atoms with E-state index < -0.39 is 0 Å². The van der Waals surface area contributed by atoms with Gasteiger partial charge in [-0.05, 0) is 12.1 Å². The molecule has 3 heterocycles. The normalized spacial score (nSPS) is 18.4. The third-order valence-corrected chi connectivity index (χ3v) is 4.54. The Morgan fingerprint density at radius 3 is 2.58 bits per heavy atom. The molecule has 0 saturated carbocycles. The maximum atomic E-state index is 12.5. The van der Waals surface area contributed by atoms with E-state index in [1.807, 2.05) is 12.1 Å².